The van der Waals surface area contributed by atoms with Gasteiger partial charge in [0, 0.05) is 30.3 Å². The molecule has 1 N–H and O–H groups in total. The smallest absolute Gasteiger partial charge is 0.227 e. The van der Waals surface area contributed by atoms with Crippen molar-refractivity contribution in [3.05, 3.63) is 65.5 Å². The number of nitrogens with zero attached hydrogens (tertiary/aromatic N) is 1. The Morgan fingerprint density at radius 1 is 1.11 bits per heavy atom. The van der Waals surface area contributed by atoms with Gasteiger partial charge in [-0.25, -0.2) is 17.1 Å². The lowest BCUT2D eigenvalue weighted by atomic mass is 9.97. The fourth-order valence-electron chi connectivity index (χ4n) is 3.37. The SMILES string of the molecule is CCc1ccc(NC(=O)C2CCN(S(=O)(=O)Cc3ccccc3F)CC2)cc1. The Morgan fingerprint density at radius 2 is 1.75 bits per heavy atom. The second-order valence-corrected chi connectivity index (χ2v) is 9.03. The van der Waals surface area contributed by atoms with E-state index in [4.69, 9.17) is 0 Å². The zero-order valence-electron chi connectivity index (χ0n) is 15.9. The number of carbonyl (C=O) groups is 1. The third kappa shape index (κ3) is 4.97. The van der Waals surface area contributed by atoms with Gasteiger partial charge in [0.15, 0.2) is 0 Å². The lowest BCUT2D eigenvalue weighted by Gasteiger charge is -2.30. The van der Waals surface area contributed by atoms with Crippen LogP contribution < -0.4 is 5.32 Å². The van der Waals surface area contributed by atoms with Crippen molar-refractivity contribution in [1.82, 2.24) is 4.31 Å². The molecule has 28 heavy (non-hydrogen) atoms. The summed E-state index contributed by atoms with van der Waals surface area (Å²) < 4.78 is 40.3. The molecule has 7 heteroatoms. The number of carbonyl (C=O) groups excluding carboxylic acids is 1. The van der Waals surface area contributed by atoms with Crippen LogP contribution in [-0.4, -0.2) is 31.7 Å². The van der Waals surface area contributed by atoms with Gasteiger partial charge in [0.25, 0.3) is 0 Å². The molecule has 1 aliphatic rings. The van der Waals surface area contributed by atoms with E-state index in [1.807, 2.05) is 24.3 Å². The van der Waals surface area contributed by atoms with Crippen molar-refractivity contribution in [3.8, 4) is 0 Å². The molecule has 0 saturated carbocycles. The number of piperidine rings is 1. The highest BCUT2D eigenvalue weighted by atomic mass is 32.2. The zero-order chi connectivity index (χ0) is 20.1. The first-order chi connectivity index (χ1) is 13.4. The number of hydrogen-bond acceptors (Lipinski definition) is 3. The molecule has 0 aromatic heterocycles. The molecule has 150 valence electrons. The van der Waals surface area contributed by atoms with Crippen molar-refractivity contribution < 1.29 is 17.6 Å². The van der Waals surface area contributed by atoms with E-state index in [9.17, 15) is 17.6 Å². The van der Waals surface area contributed by atoms with Crippen LogP contribution in [0.1, 0.15) is 30.9 Å². The van der Waals surface area contributed by atoms with Crippen LogP contribution >= 0.6 is 0 Å². The lowest BCUT2D eigenvalue weighted by molar-refractivity contribution is -0.120. The molecule has 1 heterocycles. The van der Waals surface area contributed by atoms with Gasteiger partial charge in [0.1, 0.15) is 5.82 Å². The first kappa shape index (κ1) is 20.5. The molecule has 0 radical (unpaired) electrons. The van der Waals surface area contributed by atoms with Gasteiger partial charge in [0.05, 0.1) is 5.75 Å². The van der Waals surface area contributed by atoms with Crippen LogP contribution in [-0.2, 0) is 27.0 Å². The Balaban J connectivity index is 1.55. The van der Waals surface area contributed by atoms with Crippen LogP contribution in [0.15, 0.2) is 48.5 Å². The number of sulfonamides is 1. The summed E-state index contributed by atoms with van der Waals surface area (Å²) in [4.78, 5) is 12.5. The number of benzene rings is 2. The Hall–Kier alpha value is -2.25. The van der Waals surface area contributed by atoms with E-state index >= 15 is 0 Å². The molecule has 5 nitrogen and oxygen atoms in total. The molecule has 1 fully saturated rings. The van der Waals surface area contributed by atoms with Crippen molar-refractivity contribution in [3.63, 3.8) is 0 Å². The highest BCUT2D eigenvalue weighted by molar-refractivity contribution is 7.88. The van der Waals surface area contributed by atoms with Gasteiger partial charge < -0.3 is 5.32 Å². The highest BCUT2D eigenvalue weighted by Gasteiger charge is 2.31. The summed E-state index contributed by atoms with van der Waals surface area (Å²) in [6.45, 7) is 2.61. The quantitative estimate of drug-likeness (QED) is 0.800. The van der Waals surface area contributed by atoms with Crippen LogP contribution in [0.2, 0.25) is 0 Å². The number of aryl methyl sites for hydroxylation is 1. The first-order valence-corrected chi connectivity index (χ1v) is 11.1. The summed E-state index contributed by atoms with van der Waals surface area (Å²) in [5.74, 6) is -1.20. The maximum Gasteiger partial charge on any atom is 0.227 e. The van der Waals surface area contributed by atoms with E-state index in [1.54, 1.807) is 6.07 Å². The van der Waals surface area contributed by atoms with E-state index in [-0.39, 0.29) is 36.2 Å². The monoisotopic (exact) mass is 404 g/mol. The Kier molecular flexibility index (Phi) is 6.46. The van der Waals surface area contributed by atoms with E-state index in [1.165, 1.54) is 28.1 Å². The molecule has 0 aliphatic carbocycles. The molecular weight excluding hydrogens is 379 g/mol. The standard InChI is InChI=1S/C21H25FN2O3S/c1-2-16-7-9-19(10-8-16)23-21(25)17-11-13-24(14-12-17)28(26,27)15-18-5-3-4-6-20(18)22/h3-10,17H,2,11-15H2,1H3,(H,23,25). The number of nitrogens with one attached hydrogen (secondary N) is 1. The molecule has 1 aliphatic heterocycles. The minimum atomic E-state index is -3.61. The Bertz CT molecular complexity index is 921. The zero-order valence-corrected chi connectivity index (χ0v) is 16.7. The van der Waals surface area contributed by atoms with Crippen LogP contribution in [0, 0.1) is 11.7 Å². The van der Waals surface area contributed by atoms with Crippen molar-refractivity contribution in [1.29, 1.82) is 0 Å². The van der Waals surface area contributed by atoms with Crippen LogP contribution in [0.4, 0.5) is 10.1 Å². The third-order valence-corrected chi connectivity index (χ3v) is 6.97. The minimum Gasteiger partial charge on any atom is -0.326 e. The summed E-state index contributed by atoms with van der Waals surface area (Å²) in [6, 6.07) is 13.6. The average Bonchev–Trinajstić information content (AvgIpc) is 2.70. The van der Waals surface area contributed by atoms with Crippen molar-refractivity contribution >= 4 is 21.6 Å². The van der Waals surface area contributed by atoms with Crippen LogP contribution in [0.3, 0.4) is 0 Å². The third-order valence-electron chi connectivity index (χ3n) is 5.14. The summed E-state index contributed by atoms with van der Waals surface area (Å²) >= 11 is 0. The average molecular weight is 405 g/mol. The molecule has 2 aromatic rings. The predicted molar refractivity (Wildman–Crippen MR) is 108 cm³/mol. The van der Waals surface area contributed by atoms with Gasteiger partial charge in [-0.05, 0) is 43.0 Å². The number of anilines is 1. The number of amides is 1. The van der Waals surface area contributed by atoms with E-state index in [2.05, 4.69) is 12.2 Å². The second kappa shape index (κ2) is 8.84. The fraction of sp³-hybridized carbons (Fsp3) is 0.381. The number of hydrogen-bond donors (Lipinski definition) is 1. The molecule has 2 aromatic carbocycles. The van der Waals surface area contributed by atoms with Gasteiger partial charge in [-0.3, -0.25) is 4.79 Å². The van der Waals surface area contributed by atoms with Gasteiger partial charge >= 0.3 is 0 Å². The summed E-state index contributed by atoms with van der Waals surface area (Å²) in [6.07, 6.45) is 1.85. The van der Waals surface area contributed by atoms with Crippen molar-refractivity contribution in [2.24, 2.45) is 5.92 Å². The lowest BCUT2D eigenvalue weighted by Crippen LogP contribution is -2.42. The van der Waals surface area contributed by atoms with Crippen molar-refractivity contribution in [2.45, 2.75) is 31.9 Å². The normalized spacial score (nSPS) is 16.1. The van der Waals surface area contributed by atoms with E-state index in [0.717, 1.165) is 12.1 Å². The summed E-state index contributed by atoms with van der Waals surface area (Å²) in [5.41, 5.74) is 2.11. The molecule has 3 rings (SSSR count). The van der Waals surface area contributed by atoms with E-state index in [0.29, 0.717) is 12.8 Å². The minimum absolute atomic E-state index is 0.0876. The molecule has 0 spiro atoms. The molecule has 0 atom stereocenters. The highest BCUT2D eigenvalue weighted by Crippen LogP contribution is 2.24. The molecule has 1 amide bonds. The van der Waals surface area contributed by atoms with Gasteiger partial charge in [-0.15, -0.1) is 0 Å². The molecule has 0 bridgehead atoms. The first-order valence-electron chi connectivity index (χ1n) is 9.50. The van der Waals surface area contributed by atoms with Crippen LogP contribution in [0.5, 0.6) is 0 Å². The molecule has 1 saturated heterocycles. The Labute approximate surface area is 165 Å². The van der Waals surface area contributed by atoms with Crippen LogP contribution in [0.25, 0.3) is 0 Å². The maximum absolute atomic E-state index is 13.8. The van der Waals surface area contributed by atoms with E-state index < -0.39 is 15.8 Å². The number of rotatable bonds is 6. The molecule has 0 unspecified atom stereocenters. The van der Waals surface area contributed by atoms with Gasteiger partial charge in [-0.1, -0.05) is 37.3 Å². The number of halogens is 1. The largest absolute Gasteiger partial charge is 0.326 e. The summed E-state index contributed by atoms with van der Waals surface area (Å²) in [7, 11) is -3.61. The van der Waals surface area contributed by atoms with Crippen molar-refractivity contribution in [2.75, 3.05) is 18.4 Å². The second-order valence-electron chi connectivity index (χ2n) is 7.06. The van der Waals surface area contributed by atoms with Gasteiger partial charge in [0.2, 0.25) is 15.9 Å². The predicted octanol–water partition coefficient (Wildman–Crippen LogP) is 3.57. The fourth-order valence-corrected chi connectivity index (χ4v) is 4.94. The van der Waals surface area contributed by atoms with Gasteiger partial charge in [-0.2, -0.15) is 0 Å². The maximum atomic E-state index is 13.8. The molecular formula is C21H25FN2O3S. The Morgan fingerprint density at radius 3 is 2.36 bits per heavy atom. The summed E-state index contributed by atoms with van der Waals surface area (Å²) in [5, 5.41) is 2.91. The topological polar surface area (TPSA) is 66.5 Å².